The van der Waals surface area contributed by atoms with Gasteiger partial charge in [-0.2, -0.15) is 8.78 Å². The first-order chi connectivity index (χ1) is 52.9. The Kier molecular flexibility index (Phi) is 26.4. The SMILES string of the molecule is CCc1cc(Nc2nccn3c(-c4ccc(OC)c(F)c4F)cnc23)ccc1C(=O)NC[C@H](NC(=O)C1CCN(C(=O)OC(C)(C)C)CC1)C(=O)OC.CCc1cc(Nc2nccn3c(-c4ccc(OC)c(F)c4F)cnc23)ccc1C(=O)NC[C@H](NC(=O)C1CCN(CC2CN(C(=O)OC(C)(C)C)C2)CC1)C(=O)OC. The van der Waals surface area contributed by atoms with Crippen LogP contribution in [0.4, 0.5) is 50.2 Å². The summed E-state index contributed by atoms with van der Waals surface area (Å²) in [6.07, 6.45) is 11.2. The Balaban J connectivity index is 0.000000237. The van der Waals surface area contributed by atoms with Gasteiger partial charge in [0.15, 0.2) is 46.1 Å². The monoisotopic (exact) mass is 1540 g/mol. The molecule has 4 aromatic carbocycles. The molecular formula is C78H93F4N15O14. The average Bonchev–Trinajstić information content (AvgIpc) is 1.62. The number of carbonyl (C=O) groups is 8. The zero-order chi connectivity index (χ0) is 80.2. The van der Waals surface area contributed by atoms with Crippen molar-refractivity contribution in [2.24, 2.45) is 17.8 Å². The summed E-state index contributed by atoms with van der Waals surface area (Å²) < 4.78 is 92.5. The van der Waals surface area contributed by atoms with Gasteiger partial charge in [0.1, 0.15) is 23.3 Å². The van der Waals surface area contributed by atoms with E-state index in [1.807, 2.05) is 34.6 Å². The maximum absolute atomic E-state index is 15.0. The molecule has 3 aliphatic rings. The molecule has 2 atom stereocenters. The van der Waals surface area contributed by atoms with Crippen molar-refractivity contribution >= 4 is 82.1 Å². The van der Waals surface area contributed by atoms with Crippen LogP contribution in [0.3, 0.4) is 0 Å². The molecule has 3 aliphatic heterocycles. The quantitative estimate of drug-likeness (QED) is 0.0186. The summed E-state index contributed by atoms with van der Waals surface area (Å²) in [5, 5.41) is 17.4. The zero-order valence-corrected chi connectivity index (χ0v) is 64.0. The van der Waals surface area contributed by atoms with Gasteiger partial charge in [-0.15, -0.1) is 0 Å². The lowest BCUT2D eigenvalue weighted by Gasteiger charge is -2.43. The van der Waals surface area contributed by atoms with Crippen LogP contribution in [0.5, 0.6) is 11.5 Å². The third kappa shape index (κ3) is 19.9. The molecule has 33 heteroatoms. The number of likely N-dealkylation sites (tertiary alicyclic amines) is 3. The Morgan fingerprint density at radius 2 is 0.928 bits per heavy atom. The van der Waals surface area contributed by atoms with Crippen molar-refractivity contribution in [3.05, 3.63) is 143 Å². The van der Waals surface area contributed by atoms with Crippen LogP contribution in [-0.2, 0) is 51.0 Å². The predicted octanol–water partition coefficient (Wildman–Crippen LogP) is 9.98. The largest absolute Gasteiger partial charge is 0.494 e. The van der Waals surface area contributed by atoms with Crippen LogP contribution in [0.25, 0.3) is 33.8 Å². The number of carbonyl (C=O) groups excluding carboxylic acids is 8. The topological polar surface area (TPSA) is 334 Å². The summed E-state index contributed by atoms with van der Waals surface area (Å²) in [5.41, 5.74) is 3.43. The van der Waals surface area contributed by atoms with Gasteiger partial charge in [-0.3, -0.25) is 28.0 Å². The van der Waals surface area contributed by atoms with Crippen molar-refractivity contribution in [1.82, 2.24) is 64.7 Å². The molecule has 3 saturated heterocycles. The summed E-state index contributed by atoms with van der Waals surface area (Å²) in [5.74, 6) is -7.44. The highest BCUT2D eigenvalue weighted by atomic mass is 19.2. The van der Waals surface area contributed by atoms with Crippen molar-refractivity contribution in [3.8, 4) is 34.0 Å². The molecule has 0 bridgehead atoms. The molecule has 6 N–H and O–H groups in total. The van der Waals surface area contributed by atoms with Crippen molar-refractivity contribution < 1.29 is 84.3 Å². The summed E-state index contributed by atoms with van der Waals surface area (Å²) in [6.45, 7) is 18.5. The van der Waals surface area contributed by atoms with Crippen LogP contribution in [-0.4, -0.2) is 202 Å². The Labute approximate surface area is 638 Å². The molecule has 6 amide bonds. The maximum atomic E-state index is 15.0. The van der Waals surface area contributed by atoms with E-state index >= 15 is 0 Å². The van der Waals surface area contributed by atoms with Crippen LogP contribution in [0, 0.1) is 41.0 Å². The van der Waals surface area contributed by atoms with E-state index in [1.165, 1.54) is 77.5 Å². The highest BCUT2D eigenvalue weighted by Gasteiger charge is 2.38. The maximum Gasteiger partial charge on any atom is 0.410 e. The fourth-order valence-electron chi connectivity index (χ4n) is 13.2. The Morgan fingerprint density at radius 3 is 1.32 bits per heavy atom. The van der Waals surface area contributed by atoms with Crippen molar-refractivity contribution in [2.75, 3.05) is 98.0 Å². The van der Waals surface area contributed by atoms with E-state index in [1.54, 1.807) is 88.2 Å². The van der Waals surface area contributed by atoms with Crippen LogP contribution in [0.1, 0.15) is 113 Å². The van der Waals surface area contributed by atoms with E-state index in [2.05, 4.69) is 56.7 Å². The molecular weight excluding hydrogens is 1450 g/mol. The number of piperidine rings is 2. The van der Waals surface area contributed by atoms with E-state index < -0.39 is 82.3 Å². The van der Waals surface area contributed by atoms with Gasteiger partial charge in [-0.1, -0.05) is 13.8 Å². The molecule has 8 aromatic rings. The van der Waals surface area contributed by atoms with Gasteiger partial charge >= 0.3 is 24.1 Å². The van der Waals surface area contributed by atoms with Gasteiger partial charge in [0, 0.05) is 122 Å². The molecule has 0 aliphatic carbocycles. The molecule has 111 heavy (non-hydrogen) atoms. The molecule has 29 nitrogen and oxygen atoms in total. The highest BCUT2D eigenvalue weighted by molar-refractivity contribution is 5.98. The number of halogens is 4. The number of aromatic nitrogens is 6. The lowest BCUT2D eigenvalue weighted by atomic mass is 9.93. The molecule has 0 radical (unpaired) electrons. The number of benzene rings is 4. The minimum atomic E-state index is -1.14. The number of hydrogen-bond acceptors (Lipinski definition) is 21. The van der Waals surface area contributed by atoms with E-state index in [4.69, 9.17) is 28.4 Å². The molecule has 0 spiro atoms. The van der Waals surface area contributed by atoms with Crippen LogP contribution < -0.4 is 41.4 Å². The summed E-state index contributed by atoms with van der Waals surface area (Å²) in [6, 6.07) is 13.5. The number of rotatable bonds is 24. The zero-order valence-electron chi connectivity index (χ0n) is 64.0. The number of amides is 6. The first-order valence-electron chi connectivity index (χ1n) is 36.4. The first kappa shape index (κ1) is 81.9. The van der Waals surface area contributed by atoms with Crippen LogP contribution >= 0.6 is 0 Å². The third-order valence-electron chi connectivity index (χ3n) is 19.1. The van der Waals surface area contributed by atoms with Crippen LogP contribution in [0.2, 0.25) is 0 Å². The van der Waals surface area contributed by atoms with Crippen LogP contribution in [0.15, 0.2) is 97.8 Å². The Bertz CT molecular complexity index is 4750. The predicted molar refractivity (Wildman–Crippen MR) is 402 cm³/mol. The van der Waals surface area contributed by atoms with Crippen molar-refractivity contribution in [3.63, 3.8) is 0 Å². The number of ether oxygens (including phenoxy) is 6. The highest BCUT2D eigenvalue weighted by Crippen LogP contribution is 2.35. The lowest BCUT2D eigenvalue weighted by molar-refractivity contribution is -0.145. The van der Waals surface area contributed by atoms with E-state index in [0.717, 1.165) is 6.54 Å². The molecule has 7 heterocycles. The van der Waals surface area contributed by atoms with Gasteiger partial charge < -0.3 is 75.0 Å². The van der Waals surface area contributed by atoms with Gasteiger partial charge in [0.25, 0.3) is 11.8 Å². The van der Waals surface area contributed by atoms with E-state index in [9.17, 15) is 55.9 Å². The summed E-state index contributed by atoms with van der Waals surface area (Å²) >= 11 is 0. The second-order valence-corrected chi connectivity index (χ2v) is 29.0. The number of esters is 2. The minimum Gasteiger partial charge on any atom is -0.494 e. The Hall–Kier alpha value is -11.6. The molecule has 4 aromatic heterocycles. The number of methoxy groups -OCH3 is 4. The number of fused-ring (bicyclic) bond motifs is 2. The fourth-order valence-corrected chi connectivity index (χ4v) is 13.2. The summed E-state index contributed by atoms with van der Waals surface area (Å²) in [4.78, 5) is 126. The molecule has 11 rings (SSSR count). The van der Waals surface area contributed by atoms with Crippen molar-refractivity contribution in [2.45, 2.75) is 117 Å². The number of imidazole rings is 2. The second kappa shape index (κ2) is 35.8. The standard InChI is InChI=1S/C41H50F2N8O7.C37H43F2N7O7/c1-7-25-18-27(47-35-36-45-20-31(51(36)17-14-44-35)29-10-11-32(56-5)34(43)33(29)42)8-9-28(25)38(53)46-19-30(39(54)57-6)48-37(52)26-12-15-49(16-13-26)21-24-22-50(23-24)40(55)58-41(2,3)4;1-7-21-18-23(43-31-32-41-20-27(46(32)17-14-40-31)25-10-11-28(51-5)30(39)29(25)38)8-9-24(21)34(48)42-19-26(35(49)52-6)44-33(47)22-12-15-45(16-13-22)36(50)53-37(2,3)4/h8-11,14,17-18,20,24,26,30H,7,12-13,15-16,19,21-23H2,1-6H3,(H,44,47)(H,46,53)(H,48,52);8-11,14,17-18,20,22,26H,7,12-13,15-16,19H2,1-6H3,(H,40,43)(H,42,48)(H,44,47)/t30-;26-/m00/s1. The van der Waals surface area contributed by atoms with Gasteiger partial charge in [-0.05, 0) is 165 Å². The normalized spacial score (nSPS) is 14.9. The number of anilines is 4. The smallest absolute Gasteiger partial charge is 0.410 e. The average molecular weight is 1540 g/mol. The third-order valence-corrected chi connectivity index (χ3v) is 19.1. The number of hydrogen-bond donors (Lipinski definition) is 6. The second-order valence-electron chi connectivity index (χ2n) is 29.0. The molecule has 3 fully saturated rings. The van der Waals surface area contributed by atoms with Crippen molar-refractivity contribution in [1.29, 1.82) is 0 Å². The van der Waals surface area contributed by atoms with Gasteiger partial charge in [-0.25, -0.2) is 47.9 Å². The molecule has 592 valence electrons. The van der Waals surface area contributed by atoms with E-state index in [-0.39, 0.29) is 59.5 Å². The van der Waals surface area contributed by atoms with Gasteiger partial charge in [0.2, 0.25) is 23.4 Å². The van der Waals surface area contributed by atoms with E-state index in [0.29, 0.717) is 152 Å². The number of aryl methyl sites for hydroxylation is 2. The first-order valence-corrected chi connectivity index (χ1v) is 36.4. The number of nitrogens with one attached hydrogen (secondary N) is 6. The lowest BCUT2D eigenvalue weighted by Crippen LogP contribution is -2.56. The molecule has 0 unspecified atom stereocenters. The Morgan fingerprint density at radius 1 is 0.523 bits per heavy atom. The summed E-state index contributed by atoms with van der Waals surface area (Å²) in [7, 11) is 4.93. The molecule has 0 saturated carbocycles. The number of nitrogens with zero attached hydrogens (tertiary/aromatic N) is 9. The fraction of sp³-hybridized carbons (Fsp3) is 0.436. The van der Waals surface area contributed by atoms with Gasteiger partial charge in [0.05, 0.1) is 52.2 Å². The minimum absolute atomic E-state index is 0.00257.